The van der Waals surface area contributed by atoms with Crippen molar-refractivity contribution in [2.24, 2.45) is 16.7 Å². The maximum Gasteiger partial charge on any atom is 0.303 e. The predicted octanol–water partition coefficient (Wildman–Crippen LogP) is 1.52. The summed E-state index contributed by atoms with van der Waals surface area (Å²) in [5, 5.41) is 34.7. The zero-order chi connectivity index (χ0) is 22.2. The molecule has 1 saturated heterocycles. The van der Waals surface area contributed by atoms with Gasteiger partial charge in [-0.1, -0.05) is 26.8 Å². The Labute approximate surface area is 172 Å². The standard InChI is InChI=1S/C22H34O7/c1-8-19(5)11-14(25)22(27)20(6)13(24)9-10-18(3,4)16(20)15(26)17(28-12(2)23)21(22,7)29-19/h8,13,15-17,24,26-27H,1,9-11H2,2-7H3/t13-,15-,16-,17?,19-,20-,21+,22-/m0/s1. The molecule has 0 bridgehead atoms. The lowest BCUT2D eigenvalue weighted by molar-refractivity contribution is -0.370. The zero-order valence-corrected chi connectivity index (χ0v) is 18.2. The number of aliphatic hydroxyl groups excluding tert-OH is 2. The molecule has 7 heteroatoms. The predicted molar refractivity (Wildman–Crippen MR) is 105 cm³/mol. The van der Waals surface area contributed by atoms with E-state index in [0.29, 0.717) is 12.8 Å². The van der Waals surface area contributed by atoms with Crippen LogP contribution in [0.2, 0.25) is 0 Å². The maximum absolute atomic E-state index is 13.6. The highest BCUT2D eigenvalue weighted by molar-refractivity contribution is 5.92. The van der Waals surface area contributed by atoms with Gasteiger partial charge >= 0.3 is 5.97 Å². The third-order valence-electron chi connectivity index (χ3n) is 8.02. The van der Waals surface area contributed by atoms with Crippen LogP contribution in [0.15, 0.2) is 12.7 Å². The molecule has 2 aliphatic carbocycles. The molecule has 8 atom stereocenters. The summed E-state index contributed by atoms with van der Waals surface area (Å²) in [5.74, 6) is -1.87. The van der Waals surface area contributed by atoms with Gasteiger partial charge in [0.1, 0.15) is 5.60 Å². The third kappa shape index (κ3) is 2.63. The van der Waals surface area contributed by atoms with E-state index in [9.17, 15) is 24.9 Å². The van der Waals surface area contributed by atoms with Gasteiger partial charge in [0.15, 0.2) is 17.5 Å². The Kier molecular flexibility index (Phi) is 4.91. The Morgan fingerprint density at radius 1 is 1.24 bits per heavy atom. The summed E-state index contributed by atoms with van der Waals surface area (Å²) < 4.78 is 11.8. The Balaban J connectivity index is 2.33. The molecule has 0 spiro atoms. The van der Waals surface area contributed by atoms with Crippen molar-refractivity contribution in [1.82, 2.24) is 0 Å². The van der Waals surface area contributed by atoms with Crippen LogP contribution in [0.25, 0.3) is 0 Å². The van der Waals surface area contributed by atoms with E-state index in [1.807, 2.05) is 13.8 Å². The normalized spacial score (nSPS) is 51.6. The number of fused-ring (bicyclic) bond motifs is 3. The lowest BCUT2D eigenvalue weighted by Gasteiger charge is -2.71. The minimum atomic E-state index is -2.18. The molecule has 7 nitrogen and oxygen atoms in total. The second-order valence-electron chi connectivity index (χ2n) is 10.4. The third-order valence-corrected chi connectivity index (χ3v) is 8.02. The van der Waals surface area contributed by atoms with Crippen LogP contribution < -0.4 is 0 Å². The number of ether oxygens (including phenoxy) is 2. The Morgan fingerprint density at radius 2 is 1.83 bits per heavy atom. The summed E-state index contributed by atoms with van der Waals surface area (Å²) in [6.07, 6.45) is -1.29. The number of Topliss-reactive ketones (excluding diaryl/α,β-unsaturated/α-hetero) is 1. The van der Waals surface area contributed by atoms with Gasteiger partial charge in [-0.15, -0.1) is 6.58 Å². The molecule has 1 heterocycles. The van der Waals surface area contributed by atoms with E-state index in [1.165, 1.54) is 19.9 Å². The van der Waals surface area contributed by atoms with Crippen LogP contribution in [-0.2, 0) is 19.1 Å². The van der Waals surface area contributed by atoms with Crippen LogP contribution in [0, 0.1) is 16.7 Å². The first-order valence-electron chi connectivity index (χ1n) is 10.2. The molecule has 0 aromatic rings. The van der Waals surface area contributed by atoms with Crippen molar-refractivity contribution in [2.75, 3.05) is 0 Å². The topological polar surface area (TPSA) is 113 Å². The SMILES string of the molecule is C=C[C@@]1(C)CC(=O)[C@]2(O)[C@@]3(C)[C@@H](O)CCC(C)(C)[C@@H]3[C@H](O)C(OC(C)=O)[C@@]2(C)O1. The quantitative estimate of drug-likeness (QED) is 0.467. The van der Waals surface area contributed by atoms with Crippen molar-refractivity contribution >= 4 is 11.8 Å². The molecular weight excluding hydrogens is 376 g/mol. The van der Waals surface area contributed by atoms with Crippen LogP contribution >= 0.6 is 0 Å². The number of carbonyl (C=O) groups is 2. The van der Waals surface area contributed by atoms with Crippen molar-refractivity contribution in [2.45, 2.75) is 95.9 Å². The van der Waals surface area contributed by atoms with E-state index in [1.54, 1.807) is 13.8 Å². The number of hydrogen-bond acceptors (Lipinski definition) is 7. The summed E-state index contributed by atoms with van der Waals surface area (Å²) in [4.78, 5) is 25.5. The van der Waals surface area contributed by atoms with Gasteiger partial charge < -0.3 is 24.8 Å². The van der Waals surface area contributed by atoms with Gasteiger partial charge in [0.2, 0.25) is 0 Å². The minimum absolute atomic E-state index is 0.138. The molecule has 3 aliphatic rings. The first-order valence-corrected chi connectivity index (χ1v) is 10.2. The highest BCUT2D eigenvalue weighted by Crippen LogP contribution is 2.66. The van der Waals surface area contributed by atoms with Crippen LogP contribution in [0.3, 0.4) is 0 Å². The molecule has 1 unspecified atom stereocenters. The molecule has 29 heavy (non-hydrogen) atoms. The first kappa shape index (κ1) is 22.4. The fourth-order valence-electron chi connectivity index (χ4n) is 6.66. The largest absolute Gasteiger partial charge is 0.457 e. The van der Waals surface area contributed by atoms with Crippen molar-refractivity contribution in [3.05, 3.63) is 12.7 Å². The molecule has 2 saturated carbocycles. The summed E-state index contributed by atoms with van der Waals surface area (Å²) in [5.41, 5.74) is -7.00. The Morgan fingerprint density at radius 3 is 2.34 bits per heavy atom. The van der Waals surface area contributed by atoms with Crippen LogP contribution in [-0.4, -0.2) is 62.2 Å². The number of esters is 1. The number of carbonyl (C=O) groups excluding carboxylic acids is 2. The van der Waals surface area contributed by atoms with E-state index < -0.39 is 63.6 Å². The number of hydrogen-bond donors (Lipinski definition) is 3. The van der Waals surface area contributed by atoms with E-state index in [2.05, 4.69) is 6.58 Å². The summed E-state index contributed by atoms with van der Waals surface area (Å²) >= 11 is 0. The second kappa shape index (κ2) is 6.36. The van der Waals surface area contributed by atoms with Gasteiger partial charge in [0.25, 0.3) is 0 Å². The summed E-state index contributed by atoms with van der Waals surface area (Å²) in [6, 6.07) is 0. The van der Waals surface area contributed by atoms with Crippen molar-refractivity contribution < 1.29 is 34.4 Å². The van der Waals surface area contributed by atoms with Gasteiger partial charge in [-0.25, -0.2) is 0 Å². The average Bonchev–Trinajstić information content (AvgIpc) is 2.59. The maximum atomic E-state index is 13.6. The van der Waals surface area contributed by atoms with Crippen LogP contribution in [0.5, 0.6) is 0 Å². The lowest BCUT2D eigenvalue weighted by atomic mass is 9.40. The molecule has 0 radical (unpaired) electrons. The van der Waals surface area contributed by atoms with Gasteiger partial charge in [-0.3, -0.25) is 9.59 Å². The summed E-state index contributed by atoms with van der Waals surface area (Å²) in [7, 11) is 0. The number of ketones is 1. The Bertz CT molecular complexity index is 747. The van der Waals surface area contributed by atoms with Crippen LogP contribution in [0.1, 0.15) is 60.8 Å². The van der Waals surface area contributed by atoms with Crippen molar-refractivity contribution in [3.8, 4) is 0 Å². The van der Waals surface area contributed by atoms with E-state index in [4.69, 9.17) is 9.47 Å². The fraction of sp³-hybridized carbons (Fsp3) is 0.818. The zero-order valence-electron chi connectivity index (χ0n) is 18.2. The molecule has 3 fully saturated rings. The van der Waals surface area contributed by atoms with Crippen molar-refractivity contribution in [1.29, 1.82) is 0 Å². The monoisotopic (exact) mass is 410 g/mol. The fourth-order valence-corrected chi connectivity index (χ4v) is 6.66. The van der Waals surface area contributed by atoms with E-state index in [0.717, 1.165) is 0 Å². The molecule has 1 aliphatic heterocycles. The highest BCUT2D eigenvalue weighted by Gasteiger charge is 2.81. The lowest BCUT2D eigenvalue weighted by Crippen LogP contribution is -2.86. The van der Waals surface area contributed by atoms with E-state index in [-0.39, 0.29) is 6.42 Å². The average molecular weight is 411 g/mol. The number of rotatable bonds is 2. The molecular formula is C22H34O7. The molecule has 0 aromatic carbocycles. The molecule has 0 amide bonds. The van der Waals surface area contributed by atoms with Gasteiger partial charge in [-0.2, -0.15) is 0 Å². The summed E-state index contributed by atoms with van der Waals surface area (Å²) in [6.45, 7) is 13.6. The first-order chi connectivity index (χ1) is 13.1. The van der Waals surface area contributed by atoms with E-state index >= 15 is 0 Å². The van der Waals surface area contributed by atoms with Gasteiger partial charge in [-0.05, 0) is 32.1 Å². The molecule has 3 rings (SSSR count). The minimum Gasteiger partial charge on any atom is -0.457 e. The van der Waals surface area contributed by atoms with Gasteiger partial charge in [0, 0.05) is 24.7 Å². The van der Waals surface area contributed by atoms with Gasteiger partial charge in [0.05, 0.1) is 17.8 Å². The second-order valence-corrected chi connectivity index (χ2v) is 10.4. The Hall–Kier alpha value is -1.28. The van der Waals surface area contributed by atoms with Crippen molar-refractivity contribution in [3.63, 3.8) is 0 Å². The molecule has 3 N–H and O–H groups in total. The van der Waals surface area contributed by atoms with Crippen LogP contribution in [0.4, 0.5) is 0 Å². The smallest absolute Gasteiger partial charge is 0.303 e. The molecule has 0 aromatic heterocycles. The highest BCUT2D eigenvalue weighted by atomic mass is 16.6. The number of aliphatic hydroxyl groups is 3. The molecule has 164 valence electrons.